The highest BCUT2D eigenvalue weighted by Gasteiger charge is 2.32. The average molecular weight is 266 g/mol. The second-order valence-electron chi connectivity index (χ2n) is 4.90. The van der Waals surface area contributed by atoms with E-state index in [4.69, 9.17) is 0 Å². The summed E-state index contributed by atoms with van der Waals surface area (Å²) in [6.45, 7) is 5.82. The standard InChI is InChI=1S/C13H22N4O2/c1-4-9-6-10(17(5-2)15-9)13(19)16(3)11-7-14-8-12(11)18/h6,11-12,14,18H,4-5,7-8H2,1-3H3/t11-,12-/m1/s1. The van der Waals surface area contributed by atoms with Crippen LogP contribution in [0.4, 0.5) is 0 Å². The number of likely N-dealkylation sites (N-methyl/N-ethyl adjacent to an activating group) is 1. The van der Waals surface area contributed by atoms with Gasteiger partial charge in [-0.25, -0.2) is 0 Å². The highest BCUT2D eigenvalue weighted by Crippen LogP contribution is 2.14. The van der Waals surface area contributed by atoms with E-state index in [1.54, 1.807) is 16.6 Å². The minimum absolute atomic E-state index is 0.0817. The number of aryl methyl sites for hydroxylation is 2. The number of aliphatic hydroxyl groups is 1. The van der Waals surface area contributed by atoms with Gasteiger partial charge in [0.1, 0.15) is 5.69 Å². The fourth-order valence-corrected chi connectivity index (χ4v) is 2.43. The summed E-state index contributed by atoms with van der Waals surface area (Å²) in [5, 5.41) is 17.3. The molecule has 19 heavy (non-hydrogen) atoms. The maximum absolute atomic E-state index is 12.5. The van der Waals surface area contributed by atoms with Gasteiger partial charge in [-0.05, 0) is 19.4 Å². The first-order valence-corrected chi connectivity index (χ1v) is 6.81. The van der Waals surface area contributed by atoms with Crippen LogP contribution in [-0.4, -0.2) is 58.0 Å². The normalized spacial score (nSPS) is 22.7. The molecule has 2 rings (SSSR count). The zero-order valence-electron chi connectivity index (χ0n) is 11.8. The van der Waals surface area contributed by atoms with Crippen molar-refractivity contribution in [2.45, 2.75) is 39.0 Å². The predicted molar refractivity (Wildman–Crippen MR) is 72.0 cm³/mol. The number of carbonyl (C=O) groups is 1. The highest BCUT2D eigenvalue weighted by atomic mass is 16.3. The van der Waals surface area contributed by atoms with Crippen molar-refractivity contribution in [2.75, 3.05) is 20.1 Å². The Kier molecular flexibility index (Phi) is 4.21. The van der Waals surface area contributed by atoms with E-state index in [0.717, 1.165) is 12.1 Å². The van der Waals surface area contributed by atoms with E-state index < -0.39 is 6.10 Å². The minimum atomic E-state index is -0.502. The van der Waals surface area contributed by atoms with E-state index in [1.807, 2.05) is 19.9 Å². The Balaban J connectivity index is 2.20. The largest absolute Gasteiger partial charge is 0.390 e. The number of amides is 1. The van der Waals surface area contributed by atoms with E-state index in [-0.39, 0.29) is 11.9 Å². The number of hydrogen-bond acceptors (Lipinski definition) is 4. The van der Waals surface area contributed by atoms with Crippen LogP contribution in [0.5, 0.6) is 0 Å². The molecule has 0 aliphatic carbocycles. The van der Waals surface area contributed by atoms with Crippen LogP contribution in [0.3, 0.4) is 0 Å². The summed E-state index contributed by atoms with van der Waals surface area (Å²) in [6, 6.07) is 1.68. The number of hydrogen-bond donors (Lipinski definition) is 2. The summed E-state index contributed by atoms with van der Waals surface area (Å²) in [6.07, 6.45) is 0.308. The number of carbonyl (C=O) groups excluding carboxylic acids is 1. The van der Waals surface area contributed by atoms with E-state index in [2.05, 4.69) is 10.4 Å². The number of rotatable bonds is 4. The molecule has 0 spiro atoms. The van der Waals surface area contributed by atoms with Gasteiger partial charge in [0.25, 0.3) is 5.91 Å². The van der Waals surface area contributed by atoms with E-state index in [9.17, 15) is 9.90 Å². The molecule has 0 radical (unpaired) electrons. The maximum atomic E-state index is 12.5. The maximum Gasteiger partial charge on any atom is 0.272 e. The fraction of sp³-hybridized carbons (Fsp3) is 0.692. The van der Waals surface area contributed by atoms with Crippen molar-refractivity contribution in [3.8, 4) is 0 Å². The van der Waals surface area contributed by atoms with Crippen LogP contribution >= 0.6 is 0 Å². The topological polar surface area (TPSA) is 70.4 Å². The predicted octanol–water partition coefficient (Wildman–Crippen LogP) is -0.130. The summed E-state index contributed by atoms with van der Waals surface area (Å²) < 4.78 is 1.73. The molecule has 1 fully saturated rings. The molecule has 1 aliphatic heterocycles. The molecule has 6 nitrogen and oxygen atoms in total. The molecule has 1 saturated heterocycles. The van der Waals surface area contributed by atoms with Crippen molar-refractivity contribution in [1.82, 2.24) is 20.0 Å². The summed E-state index contributed by atoms with van der Waals surface area (Å²) in [5.41, 5.74) is 1.52. The summed E-state index contributed by atoms with van der Waals surface area (Å²) in [5.74, 6) is -0.0817. The van der Waals surface area contributed by atoms with Crippen molar-refractivity contribution in [2.24, 2.45) is 0 Å². The Morgan fingerprint density at radius 2 is 2.32 bits per heavy atom. The van der Waals surface area contributed by atoms with Gasteiger partial charge in [0.05, 0.1) is 17.8 Å². The van der Waals surface area contributed by atoms with E-state index in [1.165, 1.54) is 0 Å². The van der Waals surface area contributed by atoms with Gasteiger partial charge in [-0.2, -0.15) is 5.10 Å². The number of nitrogens with one attached hydrogen (secondary N) is 1. The molecule has 6 heteroatoms. The van der Waals surface area contributed by atoms with Crippen molar-refractivity contribution in [3.63, 3.8) is 0 Å². The molecule has 1 aromatic rings. The third kappa shape index (κ3) is 2.64. The number of nitrogens with zero attached hydrogens (tertiary/aromatic N) is 3. The molecule has 0 saturated carbocycles. The van der Waals surface area contributed by atoms with Crippen LogP contribution in [-0.2, 0) is 13.0 Å². The van der Waals surface area contributed by atoms with Gasteiger partial charge in [-0.15, -0.1) is 0 Å². The van der Waals surface area contributed by atoms with Crippen molar-refractivity contribution in [1.29, 1.82) is 0 Å². The molecule has 0 bridgehead atoms. The molecule has 106 valence electrons. The Morgan fingerprint density at radius 3 is 2.84 bits per heavy atom. The van der Waals surface area contributed by atoms with Crippen LogP contribution in [0.25, 0.3) is 0 Å². The summed E-state index contributed by atoms with van der Waals surface area (Å²) >= 11 is 0. The molecule has 1 aromatic heterocycles. The molecule has 1 amide bonds. The lowest BCUT2D eigenvalue weighted by atomic mass is 10.1. The molecule has 2 atom stereocenters. The fourth-order valence-electron chi connectivity index (χ4n) is 2.43. The van der Waals surface area contributed by atoms with Gasteiger partial charge in [0.15, 0.2) is 0 Å². The monoisotopic (exact) mass is 266 g/mol. The number of aliphatic hydroxyl groups excluding tert-OH is 1. The number of aromatic nitrogens is 2. The molecule has 2 N–H and O–H groups in total. The van der Waals surface area contributed by atoms with Crippen molar-refractivity contribution in [3.05, 3.63) is 17.5 Å². The van der Waals surface area contributed by atoms with Gasteiger partial charge in [-0.3, -0.25) is 9.48 Å². The summed E-state index contributed by atoms with van der Waals surface area (Å²) in [7, 11) is 1.74. The summed E-state index contributed by atoms with van der Waals surface area (Å²) in [4.78, 5) is 14.1. The smallest absolute Gasteiger partial charge is 0.272 e. The first-order valence-electron chi connectivity index (χ1n) is 6.81. The van der Waals surface area contributed by atoms with Crippen molar-refractivity contribution < 1.29 is 9.90 Å². The van der Waals surface area contributed by atoms with Crippen LogP contribution in [0.2, 0.25) is 0 Å². The number of β-amino-alcohol motifs (C(OH)–C–C–N with tert-alkyl or cyclic N) is 1. The van der Waals surface area contributed by atoms with Gasteiger partial charge in [0.2, 0.25) is 0 Å². The lowest BCUT2D eigenvalue weighted by Crippen LogP contribution is -2.44. The zero-order valence-corrected chi connectivity index (χ0v) is 11.8. The second-order valence-corrected chi connectivity index (χ2v) is 4.90. The molecular weight excluding hydrogens is 244 g/mol. The Bertz CT molecular complexity index is 457. The Hall–Kier alpha value is -1.40. The Morgan fingerprint density at radius 1 is 1.58 bits per heavy atom. The third-order valence-corrected chi connectivity index (χ3v) is 3.68. The lowest BCUT2D eigenvalue weighted by molar-refractivity contribution is 0.0570. The zero-order chi connectivity index (χ0) is 14.0. The second kappa shape index (κ2) is 5.71. The lowest BCUT2D eigenvalue weighted by Gasteiger charge is -2.26. The minimum Gasteiger partial charge on any atom is -0.390 e. The quantitative estimate of drug-likeness (QED) is 0.796. The van der Waals surface area contributed by atoms with Crippen LogP contribution in [0.1, 0.15) is 30.0 Å². The third-order valence-electron chi connectivity index (χ3n) is 3.68. The molecule has 1 aliphatic rings. The first kappa shape index (κ1) is 14.0. The molecule has 2 heterocycles. The Labute approximate surface area is 113 Å². The van der Waals surface area contributed by atoms with Gasteiger partial charge < -0.3 is 15.3 Å². The van der Waals surface area contributed by atoms with Gasteiger partial charge in [-0.1, -0.05) is 6.92 Å². The van der Waals surface area contributed by atoms with Crippen LogP contribution in [0, 0.1) is 0 Å². The van der Waals surface area contributed by atoms with E-state index in [0.29, 0.717) is 25.3 Å². The SMILES string of the molecule is CCc1cc(C(=O)N(C)[C@@H]2CNC[C@H]2O)n(CC)n1. The van der Waals surface area contributed by atoms with Crippen LogP contribution < -0.4 is 5.32 Å². The van der Waals surface area contributed by atoms with E-state index >= 15 is 0 Å². The molecule has 0 unspecified atom stereocenters. The highest BCUT2D eigenvalue weighted by molar-refractivity contribution is 5.92. The van der Waals surface area contributed by atoms with Crippen molar-refractivity contribution >= 4 is 5.91 Å². The molecular formula is C13H22N4O2. The first-order chi connectivity index (χ1) is 9.08. The average Bonchev–Trinajstić information content (AvgIpc) is 3.02. The van der Waals surface area contributed by atoms with Gasteiger partial charge in [0, 0.05) is 26.7 Å². The molecule has 0 aromatic carbocycles. The van der Waals surface area contributed by atoms with Gasteiger partial charge >= 0.3 is 0 Å². The van der Waals surface area contributed by atoms with Crippen LogP contribution in [0.15, 0.2) is 6.07 Å².